The Morgan fingerprint density at radius 1 is 0.857 bits per heavy atom. The molecule has 2 aromatic heterocycles. The summed E-state index contributed by atoms with van der Waals surface area (Å²) in [5.41, 5.74) is 2.34. The number of thioether (sulfide) groups is 1. The maximum Gasteiger partial charge on any atom is 0.0416 e. The molecule has 0 saturated heterocycles. The van der Waals surface area contributed by atoms with E-state index in [0.717, 1.165) is 32.5 Å². The molecule has 2 rings (SSSR count). The zero-order valence-corrected chi connectivity index (χ0v) is 13.4. The lowest BCUT2D eigenvalue weighted by Crippen LogP contribution is -2.31. The van der Waals surface area contributed by atoms with Gasteiger partial charge in [0.1, 0.15) is 0 Å². The van der Waals surface area contributed by atoms with Crippen molar-refractivity contribution in [2.24, 2.45) is 0 Å². The Bertz CT molecular complexity index is 446. The normalized spacial score (nSPS) is 11.0. The molecule has 0 bridgehead atoms. The molecule has 0 aliphatic carbocycles. The Morgan fingerprint density at radius 3 is 1.86 bits per heavy atom. The Balaban J connectivity index is 1.82. The van der Waals surface area contributed by atoms with Crippen molar-refractivity contribution >= 4 is 11.8 Å². The first kappa shape index (κ1) is 16.0. The fourth-order valence-electron chi connectivity index (χ4n) is 2.19. The van der Waals surface area contributed by atoms with Crippen molar-refractivity contribution < 1.29 is 0 Å². The predicted octanol–water partition coefficient (Wildman–Crippen LogP) is 2.93. The molecule has 21 heavy (non-hydrogen) atoms. The molecule has 0 amide bonds. The Hall–Kier alpha value is -1.39. The second-order valence-corrected chi connectivity index (χ2v) is 5.96. The lowest BCUT2D eigenvalue weighted by molar-refractivity contribution is 0.296. The van der Waals surface area contributed by atoms with Crippen LogP contribution in [0.5, 0.6) is 0 Å². The third-order valence-corrected chi connectivity index (χ3v) is 4.02. The second-order valence-electron chi connectivity index (χ2n) is 4.98. The van der Waals surface area contributed by atoms with Gasteiger partial charge in [0, 0.05) is 62.0 Å². The predicted molar refractivity (Wildman–Crippen MR) is 90.7 cm³/mol. The molecule has 2 heterocycles. The number of hydrogen-bond acceptors (Lipinski definition) is 4. The minimum atomic E-state index is 1.01. The van der Waals surface area contributed by atoms with Crippen molar-refractivity contribution in [1.29, 1.82) is 0 Å². The zero-order chi connectivity index (χ0) is 14.8. The van der Waals surface area contributed by atoms with Crippen molar-refractivity contribution in [3.05, 3.63) is 60.2 Å². The maximum atomic E-state index is 4.41. The van der Waals surface area contributed by atoms with Crippen LogP contribution in [0.15, 0.2) is 48.8 Å². The summed E-state index contributed by atoms with van der Waals surface area (Å²) in [4.78, 5) is 11.3. The number of pyridine rings is 2. The highest BCUT2D eigenvalue weighted by Gasteiger charge is 2.06. The van der Waals surface area contributed by atoms with Crippen molar-refractivity contribution in [1.82, 2.24) is 14.9 Å². The quantitative estimate of drug-likeness (QED) is 0.712. The fraction of sp³-hybridized carbons (Fsp3) is 0.412. The van der Waals surface area contributed by atoms with Gasteiger partial charge in [0.05, 0.1) is 0 Å². The van der Waals surface area contributed by atoms with E-state index in [-0.39, 0.29) is 0 Å². The topological polar surface area (TPSA) is 29.0 Å². The highest BCUT2D eigenvalue weighted by Crippen LogP contribution is 2.03. The smallest absolute Gasteiger partial charge is 0.0416 e. The number of nitrogens with zero attached hydrogens (tertiary/aromatic N) is 3. The molecule has 0 atom stereocenters. The van der Waals surface area contributed by atoms with Crippen LogP contribution in [-0.4, -0.2) is 46.5 Å². The summed E-state index contributed by atoms with van der Waals surface area (Å²) in [6.07, 6.45) is 7.93. The molecular formula is C17H23N3S. The van der Waals surface area contributed by atoms with Crippen LogP contribution in [0.25, 0.3) is 0 Å². The van der Waals surface area contributed by atoms with E-state index < -0.39 is 0 Å². The first-order valence-electron chi connectivity index (χ1n) is 7.39. The molecule has 3 nitrogen and oxygen atoms in total. The first-order chi connectivity index (χ1) is 10.4. The molecule has 2 aromatic rings. The van der Waals surface area contributed by atoms with Crippen LogP contribution in [0.4, 0.5) is 0 Å². The molecule has 0 saturated carbocycles. The number of hydrogen-bond donors (Lipinski definition) is 0. The zero-order valence-electron chi connectivity index (χ0n) is 12.6. The van der Waals surface area contributed by atoms with Crippen LogP contribution in [0, 0.1) is 0 Å². The van der Waals surface area contributed by atoms with E-state index in [1.165, 1.54) is 17.1 Å². The van der Waals surface area contributed by atoms with Crippen LogP contribution in [-0.2, 0) is 12.8 Å². The van der Waals surface area contributed by atoms with E-state index in [0.29, 0.717) is 0 Å². The Labute approximate surface area is 131 Å². The second kappa shape index (κ2) is 9.53. The summed E-state index contributed by atoms with van der Waals surface area (Å²) in [6.45, 7) is 3.25. The minimum Gasteiger partial charge on any atom is -0.302 e. The summed E-state index contributed by atoms with van der Waals surface area (Å²) in [5, 5.41) is 0. The monoisotopic (exact) mass is 301 g/mol. The van der Waals surface area contributed by atoms with Crippen molar-refractivity contribution in [2.75, 3.05) is 31.6 Å². The molecule has 0 aromatic carbocycles. The summed E-state index contributed by atoms with van der Waals surface area (Å²) in [7, 11) is 0. The van der Waals surface area contributed by atoms with Crippen molar-refractivity contribution in [2.45, 2.75) is 12.8 Å². The summed E-state index contributed by atoms with van der Waals surface area (Å²) in [6, 6.07) is 12.3. The molecular weight excluding hydrogens is 278 g/mol. The van der Waals surface area contributed by atoms with Gasteiger partial charge >= 0.3 is 0 Å². The minimum absolute atomic E-state index is 1.01. The third kappa shape index (κ3) is 6.27. The van der Waals surface area contributed by atoms with Gasteiger partial charge in [-0.05, 0) is 30.5 Å². The molecule has 0 unspecified atom stereocenters. The van der Waals surface area contributed by atoms with E-state index in [1.54, 1.807) is 0 Å². The van der Waals surface area contributed by atoms with Gasteiger partial charge in [0.15, 0.2) is 0 Å². The molecule has 0 aliphatic heterocycles. The lowest BCUT2D eigenvalue weighted by atomic mass is 10.2. The molecule has 0 fully saturated rings. The molecule has 0 N–H and O–H groups in total. The van der Waals surface area contributed by atoms with Gasteiger partial charge in [0.2, 0.25) is 0 Å². The van der Waals surface area contributed by atoms with Gasteiger partial charge < -0.3 is 4.90 Å². The van der Waals surface area contributed by atoms with Gasteiger partial charge in [-0.15, -0.1) is 0 Å². The molecule has 4 heteroatoms. The van der Waals surface area contributed by atoms with Crippen LogP contribution in [0.3, 0.4) is 0 Å². The summed E-state index contributed by atoms with van der Waals surface area (Å²) < 4.78 is 0. The SMILES string of the molecule is CSCCN(CCc1ccccn1)CCc1ccccn1. The van der Waals surface area contributed by atoms with Gasteiger partial charge in [-0.25, -0.2) is 0 Å². The molecule has 112 valence electrons. The van der Waals surface area contributed by atoms with E-state index in [1.807, 2.05) is 36.3 Å². The highest BCUT2D eigenvalue weighted by atomic mass is 32.2. The van der Waals surface area contributed by atoms with Gasteiger partial charge in [0.25, 0.3) is 0 Å². The molecule has 0 spiro atoms. The standard InChI is InChI=1S/C17H23N3S/c1-21-15-14-20(12-8-16-6-2-4-10-18-16)13-9-17-7-3-5-11-19-17/h2-7,10-11H,8-9,12-15H2,1H3. The summed E-state index contributed by atoms with van der Waals surface area (Å²) in [5.74, 6) is 1.17. The van der Waals surface area contributed by atoms with Crippen molar-refractivity contribution in [3.63, 3.8) is 0 Å². The molecule has 0 aliphatic rings. The van der Waals surface area contributed by atoms with Crippen molar-refractivity contribution in [3.8, 4) is 0 Å². The van der Waals surface area contributed by atoms with Gasteiger partial charge in [-0.3, -0.25) is 9.97 Å². The highest BCUT2D eigenvalue weighted by molar-refractivity contribution is 7.98. The van der Waals surface area contributed by atoms with Crippen LogP contribution in [0.2, 0.25) is 0 Å². The van der Waals surface area contributed by atoms with Gasteiger partial charge in [-0.2, -0.15) is 11.8 Å². The van der Waals surface area contributed by atoms with Crippen LogP contribution < -0.4 is 0 Å². The van der Waals surface area contributed by atoms with Crippen LogP contribution in [0.1, 0.15) is 11.4 Å². The Kier molecular flexibility index (Phi) is 7.25. The van der Waals surface area contributed by atoms with E-state index in [2.05, 4.69) is 45.4 Å². The summed E-state index contributed by atoms with van der Waals surface area (Å²) >= 11 is 1.90. The lowest BCUT2D eigenvalue weighted by Gasteiger charge is -2.21. The largest absolute Gasteiger partial charge is 0.302 e. The van der Waals surface area contributed by atoms with Gasteiger partial charge in [-0.1, -0.05) is 12.1 Å². The number of rotatable bonds is 9. The van der Waals surface area contributed by atoms with E-state index in [9.17, 15) is 0 Å². The Morgan fingerprint density at radius 2 is 1.43 bits per heavy atom. The average Bonchev–Trinajstić information content (AvgIpc) is 2.56. The van der Waals surface area contributed by atoms with E-state index in [4.69, 9.17) is 0 Å². The maximum absolute atomic E-state index is 4.41. The third-order valence-electron chi connectivity index (χ3n) is 3.43. The fourth-order valence-corrected chi connectivity index (χ4v) is 2.63. The number of aromatic nitrogens is 2. The van der Waals surface area contributed by atoms with Crippen LogP contribution >= 0.6 is 11.8 Å². The molecule has 0 radical (unpaired) electrons. The average molecular weight is 301 g/mol. The first-order valence-corrected chi connectivity index (χ1v) is 8.79. The van der Waals surface area contributed by atoms with E-state index >= 15 is 0 Å².